The first kappa shape index (κ1) is 9.55. The van der Waals surface area contributed by atoms with Crippen molar-refractivity contribution < 1.29 is 22.5 Å². The van der Waals surface area contributed by atoms with E-state index in [1.54, 1.807) is 0 Å². The minimum absolute atomic E-state index is 0.152. The number of halogens is 3. The molecule has 1 aliphatic heterocycles. The molecule has 6 heteroatoms. The molecule has 1 heterocycles. The van der Waals surface area contributed by atoms with Crippen LogP contribution < -0.4 is 5.46 Å². The Morgan fingerprint density at radius 3 is 2.00 bits per heavy atom. The molecule has 0 spiro atoms. The Hall–Kier alpha value is -1.01. The summed E-state index contributed by atoms with van der Waals surface area (Å²) in [5.74, 6) is -3.95. The first-order valence-corrected chi connectivity index (χ1v) is 4.06. The lowest BCUT2D eigenvalue weighted by atomic mass is 9.79. The molecule has 0 unspecified atom stereocenters. The number of benzene rings is 1. The van der Waals surface area contributed by atoms with E-state index in [1.165, 1.54) is 0 Å². The van der Waals surface area contributed by atoms with Gasteiger partial charge in [0.25, 0.3) is 0 Å². The fourth-order valence-corrected chi connectivity index (χ4v) is 1.26. The average molecular weight is 202 g/mol. The molecule has 0 radical (unpaired) electrons. The van der Waals surface area contributed by atoms with Crippen LogP contribution in [0.4, 0.5) is 13.2 Å². The van der Waals surface area contributed by atoms with Crippen molar-refractivity contribution in [3.63, 3.8) is 0 Å². The summed E-state index contributed by atoms with van der Waals surface area (Å²) in [6.07, 6.45) is 0. The zero-order chi connectivity index (χ0) is 10.1. The molecule has 1 saturated heterocycles. The molecule has 2 nitrogen and oxygen atoms in total. The molecule has 0 saturated carbocycles. The molecule has 0 N–H and O–H groups in total. The van der Waals surface area contributed by atoms with E-state index in [0.29, 0.717) is 13.2 Å². The van der Waals surface area contributed by atoms with Gasteiger partial charge in [-0.15, -0.1) is 0 Å². The molecule has 1 aromatic carbocycles. The van der Waals surface area contributed by atoms with Crippen LogP contribution in [0.5, 0.6) is 0 Å². The van der Waals surface area contributed by atoms with Crippen LogP contribution in [0.25, 0.3) is 0 Å². The van der Waals surface area contributed by atoms with Gasteiger partial charge in [-0.3, -0.25) is 0 Å². The second kappa shape index (κ2) is 3.63. The molecule has 74 valence electrons. The summed E-state index contributed by atoms with van der Waals surface area (Å²) in [4.78, 5) is 0. The van der Waals surface area contributed by atoms with Crippen molar-refractivity contribution in [2.75, 3.05) is 13.2 Å². The van der Waals surface area contributed by atoms with Gasteiger partial charge in [-0.1, -0.05) is 0 Å². The largest absolute Gasteiger partial charge is 0.494 e. The topological polar surface area (TPSA) is 18.5 Å². The zero-order valence-corrected chi connectivity index (χ0v) is 7.10. The van der Waals surface area contributed by atoms with Crippen LogP contribution in [0.2, 0.25) is 0 Å². The Labute approximate surface area is 78.8 Å². The van der Waals surface area contributed by atoms with Crippen molar-refractivity contribution in [2.24, 2.45) is 0 Å². The molecular weight excluding hydrogens is 196 g/mol. The highest BCUT2D eigenvalue weighted by Gasteiger charge is 2.28. The Kier molecular flexibility index (Phi) is 2.47. The van der Waals surface area contributed by atoms with Gasteiger partial charge in [-0.05, 0) is 17.6 Å². The highest BCUT2D eigenvalue weighted by atomic mass is 19.2. The van der Waals surface area contributed by atoms with Gasteiger partial charge in [0.15, 0.2) is 17.5 Å². The Balaban J connectivity index is 2.34. The molecule has 1 aliphatic rings. The van der Waals surface area contributed by atoms with E-state index >= 15 is 0 Å². The van der Waals surface area contributed by atoms with Gasteiger partial charge >= 0.3 is 7.12 Å². The highest BCUT2D eigenvalue weighted by Crippen LogP contribution is 2.10. The van der Waals surface area contributed by atoms with Crippen LogP contribution >= 0.6 is 0 Å². The third kappa shape index (κ3) is 1.63. The van der Waals surface area contributed by atoms with Crippen LogP contribution in [0, 0.1) is 17.5 Å². The summed E-state index contributed by atoms with van der Waals surface area (Å²) in [7, 11) is -0.792. The Morgan fingerprint density at radius 1 is 1.00 bits per heavy atom. The molecule has 0 aromatic heterocycles. The average Bonchev–Trinajstić information content (AvgIpc) is 2.66. The van der Waals surface area contributed by atoms with Gasteiger partial charge in [-0.25, -0.2) is 13.2 Å². The van der Waals surface area contributed by atoms with Gasteiger partial charge in [-0.2, -0.15) is 0 Å². The quantitative estimate of drug-likeness (QED) is 0.496. The van der Waals surface area contributed by atoms with Crippen LogP contribution in [-0.2, 0) is 9.31 Å². The summed E-state index contributed by atoms with van der Waals surface area (Å²) in [6, 6.07) is 1.74. The summed E-state index contributed by atoms with van der Waals surface area (Å²) in [5.41, 5.74) is 0.152. The third-order valence-corrected chi connectivity index (χ3v) is 1.90. The standard InChI is InChI=1S/C8H6BF3O2/c10-6-3-5(4-7(11)8(6)12)9-13-1-2-14-9/h3-4H,1-2H2. The fraction of sp³-hybridized carbons (Fsp3) is 0.250. The van der Waals surface area contributed by atoms with E-state index in [4.69, 9.17) is 9.31 Å². The monoisotopic (exact) mass is 202 g/mol. The second-order valence-corrected chi connectivity index (χ2v) is 2.87. The molecule has 0 bridgehead atoms. The highest BCUT2D eigenvalue weighted by molar-refractivity contribution is 6.61. The molecule has 1 aromatic rings. The minimum atomic E-state index is -1.48. The third-order valence-electron chi connectivity index (χ3n) is 1.90. The summed E-state index contributed by atoms with van der Waals surface area (Å²) in [6.45, 7) is 0.733. The van der Waals surface area contributed by atoms with E-state index in [2.05, 4.69) is 0 Å². The van der Waals surface area contributed by atoms with Gasteiger partial charge in [0, 0.05) is 0 Å². The van der Waals surface area contributed by atoms with E-state index in [-0.39, 0.29) is 5.46 Å². The maximum atomic E-state index is 12.8. The first-order chi connectivity index (χ1) is 6.68. The maximum absolute atomic E-state index is 12.8. The molecular formula is C8H6BF3O2. The van der Waals surface area contributed by atoms with E-state index in [9.17, 15) is 13.2 Å². The number of hydrogen-bond donors (Lipinski definition) is 0. The molecule has 0 amide bonds. The number of hydrogen-bond acceptors (Lipinski definition) is 2. The van der Waals surface area contributed by atoms with E-state index < -0.39 is 24.6 Å². The van der Waals surface area contributed by atoms with Gasteiger partial charge < -0.3 is 9.31 Å². The van der Waals surface area contributed by atoms with Crippen molar-refractivity contribution in [3.05, 3.63) is 29.6 Å². The predicted octanol–water partition coefficient (Wildman–Crippen LogP) is 0.846. The van der Waals surface area contributed by atoms with Crippen molar-refractivity contribution in [1.82, 2.24) is 0 Å². The fourth-order valence-electron chi connectivity index (χ4n) is 1.26. The van der Waals surface area contributed by atoms with Gasteiger partial charge in [0.05, 0.1) is 13.2 Å². The smallest absolute Gasteiger partial charge is 0.405 e. The van der Waals surface area contributed by atoms with Crippen molar-refractivity contribution >= 4 is 12.6 Å². The van der Waals surface area contributed by atoms with Crippen LogP contribution in [0.1, 0.15) is 0 Å². The van der Waals surface area contributed by atoms with Crippen LogP contribution in [-0.4, -0.2) is 20.3 Å². The lowest BCUT2D eigenvalue weighted by Crippen LogP contribution is -2.32. The number of rotatable bonds is 1. The Morgan fingerprint density at radius 2 is 1.50 bits per heavy atom. The second-order valence-electron chi connectivity index (χ2n) is 2.87. The minimum Gasteiger partial charge on any atom is -0.405 e. The van der Waals surface area contributed by atoms with Crippen molar-refractivity contribution in [3.8, 4) is 0 Å². The van der Waals surface area contributed by atoms with Gasteiger partial charge in [0.2, 0.25) is 0 Å². The molecule has 1 fully saturated rings. The maximum Gasteiger partial charge on any atom is 0.494 e. The molecule has 14 heavy (non-hydrogen) atoms. The molecule has 2 rings (SSSR count). The van der Waals surface area contributed by atoms with Crippen LogP contribution in [0.15, 0.2) is 12.1 Å². The lowest BCUT2D eigenvalue weighted by Gasteiger charge is -2.04. The zero-order valence-electron chi connectivity index (χ0n) is 7.10. The summed E-state index contributed by atoms with van der Waals surface area (Å²) < 4.78 is 48.1. The summed E-state index contributed by atoms with van der Waals surface area (Å²) in [5, 5.41) is 0. The normalized spacial score (nSPS) is 16.4. The van der Waals surface area contributed by atoms with Crippen LogP contribution in [0.3, 0.4) is 0 Å². The predicted molar refractivity (Wildman–Crippen MR) is 43.6 cm³/mol. The van der Waals surface area contributed by atoms with E-state index in [1.807, 2.05) is 0 Å². The van der Waals surface area contributed by atoms with Crippen molar-refractivity contribution in [1.29, 1.82) is 0 Å². The molecule has 0 aliphatic carbocycles. The SMILES string of the molecule is Fc1cc(B2OCCO2)cc(F)c1F. The lowest BCUT2D eigenvalue weighted by molar-refractivity contribution is 0.365. The van der Waals surface area contributed by atoms with Gasteiger partial charge in [0.1, 0.15) is 0 Å². The summed E-state index contributed by atoms with van der Waals surface area (Å²) >= 11 is 0. The first-order valence-electron chi connectivity index (χ1n) is 4.06. The molecule has 0 atom stereocenters. The van der Waals surface area contributed by atoms with E-state index in [0.717, 1.165) is 12.1 Å². The Bertz CT molecular complexity index is 329. The van der Waals surface area contributed by atoms with Crippen molar-refractivity contribution in [2.45, 2.75) is 0 Å².